The van der Waals surface area contributed by atoms with Gasteiger partial charge in [-0.05, 0) is 12.8 Å². The molecular formula is C8H17N5. The summed E-state index contributed by atoms with van der Waals surface area (Å²) in [5.74, 6) is 1.66. The van der Waals surface area contributed by atoms with Gasteiger partial charge in [0.15, 0.2) is 0 Å². The van der Waals surface area contributed by atoms with Crippen LogP contribution in [0.25, 0.3) is 0 Å². The highest BCUT2D eigenvalue weighted by Gasteiger charge is 2.04. The van der Waals surface area contributed by atoms with Crippen molar-refractivity contribution in [1.29, 1.82) is 0 Å². The number of nitrogen functional groups attached to an aromatic ring is 1. The molecule has 1 aromatic rings. The van der Waals surface area contributed by atoms with Crippen LogP contribution in [0.5, 0.6) is 0 Å². The lowest BCUT2D eigenvalue weighted by molar-refractivity contribution is 0.659. The Kier molecular flexibility index (Phi) is 3.11. The van der Waals surface area contributed by atoms with Crippen LogP contribution in [-0.4, -0.2) is 21.3 Å². The SMILES string of the molecule is CCn1nc(NCC(C)C)nc1N. The Balaban J connectivity index is 2.57. The van der Waals surface area contributed by atoms with Gasteiger partial charge >= 0.3 is 0 Å². The van der Waals surface area contributed by atoms with E-state index >= 15 is 0 Å². The largest absolute Gasteiger partial charge is 0.368 e. The van der Waals surface area contributed by atoms with E-state index in [0.29, 0.717) is 17.8 Å². The molecule has 1 aromatic heterocycles. The minimum absolute atomic E-state index is 0.466. The molecule has 1 heterocycles. The van der Waals surface area contributed by atoms with Gasteiger partial charge in [-0.2, -0.15) is 4.98 Å². The van der Waals surface area contributed by atoms with Crippen LogP contribution in [0, 0.1) is 5.92 Å². The Morgan fingerprint density at radius 3 is 2.69 bits per heavy atom. The van der Waals surface area contributed by atoms with Gasteiger partial charge in [-0.1, -0.05) is 13.8 Å². The number of nitrogens with two attached hydrogens (primary N) is 1. The van der Waals surface area contributed by atoms with E-state index in [2.05, 4.69) is 29.2 Å². The van der Waals surface area contributed by atoms with E-state index in [4.69, 9.17) is 5.73 Å². The molecule has 0 aliphatic rings. The molecule has 0 aliphatic carbocycles. The van der Waals surface area contributed by atoms with Crippen molar-refractivity contribution < 1.29 is 0 Å². The maximum atomic E-state index is 5.61. The molecule has 0 radical (unpaired) electrons. The van der Waals surface area contributed by atoms with Crippen molar-refractivity contribution in [3.05, 3.63) is 0 Å². The van der Waals surface area contributed by atoms with E-state index in [1.807, 2.05) is 6.92 Å². The minimum atomic E-state index is 0.466. The summed E-state index contributed by atoms with van der Waals surface area (Å²) >= 11 is 0. The first kappa shape index (κ1) is 9.83. The van der Waals surface area contributed by atoms with Crippen molar-refractivity contribution in [2.24, 2.45) is 5.92 Å². The van der Waals surface area contributed by atoms with Crippen molar-refractivity contribution in [3.8, 4) is 0 Å². The molecule has 74 valence electrons. The standard InChI is InChI=1S/C8H17N5/c1-4-13-7(9)11-8(12-13)10-5-6(2)3/h6H,4-5H2,1-3H3,(H3,9,10,11,12). The summed E-state index contributed by atoms with van der Waals surface area (Å²) in [6.07, 6.45) is 0. The van der Waals surface area contributed by atoms with E-state index in [9.17, 15) is 0 Å². The lowest BCUT2D eigenvalue weighted by Crippen LogP contribution is -2.09. The molecule has 0 aliphatic heterocycles. The quantitative estimate of drug-likeness (QED) is 0.729. The van der Waals surface area contributed by atoms with Crippen LogP contribution in [-0.2, 0) is 6.54 Å². The number of hydrogen-bond donors (Lipinski definition) is 2. The predicted octanol–water partition coefficient (Wildman–Crippen LogP) is 0.948. The third-order valence-corrected chi connectivity index (χ3v) is 1.67. The van der Waals surface area contributed by atoms with Crippen LogP contribution in [0.15, 0.2) is 0 Å². The van der Waals surface area contributed by atoms with Crippen molar-refractivity contribution in [2.45, 2.75) is 27.3 Å². The van der Waals surface area contributed by atoms with Crippen LogP contribution in [0.3, 0.4) is 0 Å². The third-order valence-electron chi connectivity index (χ3n) is 1.67. The van der Waals surface area contributed by atoms with Crippen molar-refractivity contribution >= 4 is 11.9 Å². The van der Waals surface area contributed by atoms with Crippen LogP contribution in [0.4, 0.5) is 11.9 Å². The highest BCUT2D eigenvalue weighted by molar-refractivity contribution is 5.31. The molecule has 0 spiro atoms. The molecule has 0 saturated heterocycles. The summed E-state index contributed by atoms with van der Waals surface area (Å²) in [7, 11) is 0. The Morgan fingerprint density at radius 1 is 1.54 bits per heavy atom. The Hall–Kier alpha value is -1.26. The maximum Gasteiger partial charge on any atom is 0.243 e. The molecule has 0 atom stereocenters. The molecule has 1 rings (SSSR count). The van der Waals surface area contributed by atoms with Gasteiger partial charge < -0.3 is 11.1 Å². The zero-order valence-electron chi connectivity index (χ0n) is 8.41. The number of rotatable bonds is 4. The lowest BCUT2D eigenvalue weighted by atomic mass is 10.2. The number of nitrogens with one attached hydrogen (secondary N) is 1. The fourth-order valence-corrected chi connectivity index (χ4v) is 0.957. The summed E-state index contributed by atoms with van der Waals surface area (Å²) < 4.78 is 1.67. The second-order valence-electron chi connectivity index (χ2n) is 3.38. The molecule has 0 bridgehead atoms. The molecule has 13 heavy (non-hydrogen) atoms. The zero-order valence-corrected chi connectivity index (χ0v) is 8.41. The highest BCUT2D eigenvalue weighted by Crippen LogP contribution is 2.05. The summed E-state index contributed by atoms with van der Waals surface area (Å²) in [6.45, 7) is 7.87. The predicted molar refractivity (Wildman–Crippen MR) is 53.4 cm³/mol. The van der Waals surface area contributed by atoms with Gasteiger partial charge in [0.2, 0.25) is 11.9 Å². The molecule has 0 amide bonds. The highest BCUT2D eigenvalue weighted by atomic mass is 15.4. The molecule has 3 N–H and O–H groups in total. The molecule has 0 aromatic carbocycles. The molecule has 5 nitrogen and oxygen atoms in total. The average molecular weight is 183 g/mol. The van der Waals surface area contributed by atoms with Gasteiger partial charge in [-0.15, -0.1) is 5.10 Å². The summed E-state index contributed by atoms with van der Waals surface area (Å²) in [5.41, 5.74) is 5.61. The number of nitrogens with zero attached hydrogens (tertiary/aromatic N) is 3. The fourth-order valence-electron chi connectivity index (χ4n) is 0.957. The Morgan fingerprint density at radius 2 is 2.23 bits per heavy atom. The monoisotopic (exact) mass is 183 g/mol. The van der Waals surface area contributed by atoms with Crippen LogP contribution < -0.4 is 11.1 Å². The van der Waals surface area contributed by atoms with Gasteiger partial charge in [0, 0.05) is 13.1 Å². The second-order valence-corrected chi connectivity index (χ2v) is 3.38. The molecule has 0 saturated carbocycles. The minimum Gasteiger partial charge on any atom is -0.368 e. The van der Waals surface area contributed by atoms with Gasteiger partial charge in [-0.3, -0.25) is 0 Å². The van der Waals surface area contributed by atoms with Crippen LogP contribution in [0.2, 0.25) is 0 Å². The second kappa shape index (κ2) is 4.11. The lowest BCUT2D eigenvalue weighted by Gasteiger charge is -2.03. The fraction of sp³-hybridized carbons (Fsp3) is 0.750. The Bertz CT molecular complexity index is 265. The molecule has 0 unspecified atom stereocenters. The van der Waals surface area contributed by atoms with Crippen LogP contribution in [0.1, 0.15) is 20.8 Å². The van der Waals surface area contributed by atoms with E-state index < -0.39 is 0 Å². The number of hydrogen-bond acceptors (Lipinski definition) is 4. The normalized spacial score (nSPS) is 10.8. The average Bonchev–Trinajstić information content (AvgIpc) is 2.43. The summed E-state index contributed by atoms with van der Waals surface area (Å²) in [4.78, 5) is 4.07. The van der Waals surface area contributed by atoms with Crippen molar-refractivity contribution in [2.75, 3.05) is 17.6 Å². The van der Waals surface area contributed by atoms with Gasteiger partial charge in [-0.25, -0.2) is 4.68 Å². The van der Waals surface area contributed by atoms with Gasteiger partial charge in [0.05, 0.1) is 0 Å². The summed E-state index contributed by atoms with van der Waals surface area (Å²) in [5, 5.41) is 7.29. The Labute approximate surface area is 78.3 Å². The molecule has 0 fully saturated rings. The van der Waals surface area contributed by atoms with Crippen molar-refractivity contribution in [1.82, 2.24) is 14.8 Å². The number of anilines is 2. The van der Waals surface area contributed by atoms with Crippen molar-refractivity contribution in [3.63, 3.8) is 0 Å². The first-order valence-corrected chi connectivity index (χ1v) is 4.57. The maximum absolute atomic E-state index is 5.61. The van der Waals surface area contributed by atoms with Crippen LogP contribution >= 0.6 is 0 Å². The topological polar surface area (TPSA) is 68.8 Å². The van der Waals surface area contributed by atoms with E-state index in [1.54, 1.807) is 4.68 Å². The smallest absolute Gasteiger partial charge is 0.243 e. The summed E-state index contributed by atoms with van der Waals surface area (Å²) in [6, 6.07) is 0. The first-order chi connectivity index (χ1) is 6.13. The van der Waals surface area contributed by atoms with E-state index in [0.717, 1.165) is 13.1 Å². The van der Waals surface area contributed by atoms with E-state index in [-0.39, 0.29) is 0 Å². The molecular weight excluding hydrogens is 166 g/mol. The molecule has 5 heteroatoms. The van der Waals surface area contributed by atoms with Gasteiger partial charge in [0.25, 0.3) is 0 Å². The third kappa shape index (κ3) is 2.61. The zero-order chi connectivity index (χ0) is 9.84. The first-order valence-electron chi connectivity index (χ1n) is 4.57. The van der Waals surface area contributed by atoms with Gasteiger partial charge in [0.1, 0.15) is 0 Å². The number of aromatic nitrogens is 3. The number of aryl methyl sites for hydroxylation is 1. The van der Waals surface area contributed by atoms with E-state index in [1.165, 1.54) is 0 Å².